The Morgan fingerprint density at radius 1 is 0.627 bits per heavy atom. The SMILES string of the molecule is C[C@@H]1O[C@@H](O[C@H]2[C@H](O)[C@@H](O)[C@H](OC[C@H]3O[C@@H](OC(=O)[C@]45CCC(C)(C)C[C@H]4C4=CC[C@@H]6[C@@]7(C)C[C@@H](O)[C@H](O)C(C)(C)[C@@H]7CC[C@@]6(C)[C@]4(C)CC5)[C@H](O)[C@@H](O)[C@@H]3O)O[C@@H]2CO)[C@H](O)[C@H](O[C@@H]2OC[C@@H](O)[C@H](O)[C@H]2O)[C@H]1O. The molecule has 0 amide bonds. The van der Waals surface area contributed by atoms with Crippen LogP contribution in [-0.2, 0) is 42.7 Å². The first-order valence-electron chi connectivity index (χ1n) is 27.2. The Balaban J connectivity index is 0.871. The van der Waals surface area contributed by atoms with Gasteiger partial charge in [-0.1, -0.05) is 60.1 Å². The number of rotatable bonds is 10. The molecule has 9 rings (SSSR count). The van der Waals surface area contributed by atoms with Gasteiger partial charge in [0.15, 0.2) is 18.9 Å². The van der Waals surface area contributed by atoms with E-state index in [1.165, 1.54) is 12.5 Å². The van der Waals surface area contributed by atoms with Gasteiger partial charge in [0.05, 0.1) is 43.5 Å². The summed E-state index contributed by atoms with van der Waals surface area (Å²) in [5, 5.41) is 142. The van der Waals surface area contributed by atoms with Crippen molar-refractivity contribution in [1.29, 1.82) is 0 Å². The molecule has 8 fully saturated rings. The average Bonchev–Trinajstić information content (AvgIpc) is 3.35. The van der Waals surface area contributed by atoms with Gasteiger partial charge < -0.3 is 104 Å². The van der Waals surface area contributed by atoms with Crippen LogP contribution in [-0.4, -0.2) is 221 Å². The monoisotopic (exact) mass is 1070 g/mol. The van der Waals surface area contributed by atoms with Crippen LogP contribution >= 0.6 is 0 Å². The van der Waals surface area contributed by atoms with Crippen molar-refractivity contribution in [2.45, 2.75) is 242 Å². The number of allylic oxidation sites excluding steroid dienone is 2. The first-order valence-corrected chi connectivity index (χ1v) is 27.2. The lowest BCUT2D eigenvalue weighted by Crippen LogP contribution is -2.67. The molecule has 0 aromatic rings. The van der Waals surface area contributed by atoms with Crippen molar-refractivity contribution >= 4 is 5.97 Å². The minimum Gasteiger partial charge on any atom is -0.432 e. The molecule has 0 aromatic carbocycles. The van der Waals surface area contributed by atoms with Crippen LogP contribution in [0.15, 0.2) is 11.6 Å². The van der Waals surface area contributed by atoms with Crippen molar-refractivity contribution in [1.82, 2.24) is 0 Å². The third-order valence-electron chi connectivity index (χ3n) is 20.9. The fourth-order valence-corrected chi connectivity index (χ4v) is 16.1. The van der Waals surface area contributed by atoms with Crippen LogP contribution < -0.4 is 0 Å². The minimum absolute atomic E-state index is 0.119. The third-order valence-corrected chi connectivity index (χ3v) is 20.9. The van der Waals surface area contributed by atoms with Gasteiger partial charge >= 0.3 is 5.97 Å². The predicted octanol–water partition coefficient (Wildman–Crippen LogP) is -1.40. The summed E-state index contributed by atoms with van der Waals surface area (Å²) in [4.78, 5) is 15.1. The van der Waals surface area contributed by atoms with E-state index in [0.717, 1.165) is 25.7 Å². The number of esters is 1. The van der Waals surface area contributed by atoms with E-state index in [4.69, 9.17) is 37.9 Å². The molecule has 13 N–H and O–H groups in total. The molecule has 430 valence electrons. The van der Waals surface area contributed by atoms with Crippen LogP contribution in [0.25, 0.3) is 0 Å². The van der Waals surface area contributed by atoms with Crippen LogP contribution in [0, 0.1) is 50.2 Å². The molecular weight excluding hydrogens is 989 g/mol. The largest absolute Gasteiger partial charge is 0.432 e. The Kier molecular flexibility index (Phi) is 16.1. The summed E-state index contributed by atoms with van der Waals surface area (Å²) in [5.74, 6) is -0.391. The highest BCUT2D eigenvalue weighted by Gasteiger charge is 2.70. The zero-order chi connectivity index (χ0) is 54.9. The maximum absolute atomic E-state index is 15.1. The molecule has 0 radical (unpaired) electrons. The number of aliphatic hydroxyl groups excluding tert-OH is 13. The van der Waals surface area contributed by atoms with Crippen molar-refractivity contribution < 1.29 is 109 Å². The summed E-state index contributed by atoms with van der Waals surface area (Å²) < 4.78 is 46.2. The molecule has 5 aliphatic carbocycles. The molecule has 4 heterocycles. The van der Waals surface area contributed by atoms with Gasteiger partial charge in [0.2, 0.25) is 6.29 Å². The standard InChI is InChI=1S/C53H86O22/c1-22-31(57)41(74-44-36(62)32(58)26(56)20-68-44)39(65)46(70-22)73-40-27(19-54)71-43(38(64)35(40)61)69-21-28-33(59)34(60)37(63)45(72-28)75-47(67)53-15-13-48(2,3)17-24(53)23-9-10-30-50(6)18-25(55)42(66)49(4,5)29(50)11-12-52(30,8)51(23,7)14-16-53/h9,22,24-46,54-66H,10-21H2,1-8H3/t22-,24-,25+,26+,27+,28+,29-,30+,31-,32-,33+,34-,35+,36+,37+,38+,39+,40+,41+,42-,43+,44-,45-,46-,50-,51+,52+,53-/m0/s1. The molecule has 0 spiro atoms. The van der Waals surface area contributed by atoms with E-state index < -0.39 is 166 Å². The Hall–Kier alpha value is -1.59. The van der Waals surface area contributed by atoms with E-state index in [9.17, 15) is 66.4 Å². The normalized spacial score (nSPS) is 54.5. The summed E-state index contributed by atoms with van der Waals surface area (Å²) >= 11 is 0. The lowest BCUT2D eigenvalue weighted by Gasteiger charge is -2.71. The Bertz CT molecular complexity index is 2080. The average molecular weight is 1080 g/mol. The van der Waals surface area contributed by atoms with Crippen LogP contribution in [0.2, 0.25) is 0 Å². The number of carbonyl (C=O) groups excluding carboxylic acids is 1. The molecule has 28 atom stereocenters. The molecule has 9 aliphatic rings. The number of fused-ring (bicyclic) bond motifs is 7. The lowest BCUT2D eigenvalue weighted by atomic mass is 9.33. The Morgan fingerprint density at radius 2 is 1.27 bits per heavy atom. The van der Waals surface area contributed by atoms with Gasteiger partial charge in [-0.3, -0.25) is 4.79 Å². The van der Waals surface area contributed by atoms with Gasteiger partial charge in [-0.15, -0.1) is 0 Å². The highest BCUT2D eigenvalue weighted by molar-refractivity contribution is 5.79. The van der Waals surface area contributed by atoms with Crippen LogP contribution in [0.4, 0.5) is 0 Å². The van der Waals surface area contributed by atoms with Crippen molar-refractivity contribution in [3.05, 3.63) is 11.6 Å². The van der Waals surface area contributed by atoms with E-state index in [2.05, 4.69) is 54.5 Å². The molecule has 0 aromatic heterocycles. The first-order chi connectivity index (χ1) is 35.0. The van der Waals surface area contributed by atoms with Crippen LogP contribution in [0.3, 0.4) is 0 Å². The van der Waals surface area contributed by atoms with E-state index in [1.807, 2.05) is 0 Å². The van der Waals surface area contributed by atoms with Gasteiger partial charge in [-0.25, -0.2) is 0 Å². The Labute approximate surface area is 437 Å². The van der Waals surface area contributed by atoms with Gasteiger partial charge in [0, 0.05) is 0 Å². The van der Waals surface area contributed by atoms with E-state index in [0.29, 0.717) is 32.1 Å². The highest BCUT2D eigenvalue weighted by Crippen LogP contribution is 2.76. The summed E-state index contributed by atoms with van der Waals surface area (Å²) in [6, 6.07) is 0. The van der Waals surface area contributed by atoms with Gasteiger partial charge in [0.25, 0.3) is 0 Å². The van der Waals surface area contributed by atoms with Crippen molar-refractivity contribution in [3.63, 3.8) is 0 Å². The lowest BCUT2D eigenvalue weighted by molar-refractivity contribution is -0.375. The van der Waals surface area contributed by atoms with Crippen molar-refractivity contribution in [2.75, 3.05) is 19.8 Å². The molecule has 4 aliphatic heterocycles. The second kappa shape index (κ2) is 20.7. The van der Waals surface area contributed by atoms with Crippen molar-refractivity contribution in [2.24, 2.45) is 50.2 Å². The predicted molar refractivity (Wildman–Crippen MR) is 257 cm³/mol. The van der Waals surface area contributed by atoms with Crippen LogP contribution in [0.5, 0.6) is 0 Å². The maximum Gasteiger partial charge on any atom is 0.315 e. The molecular formula is C53H86O22. The Morgan fingerprint density at radius 3 is 1.96 bits per heavy atom. The number of carbonyl (C=O) groups is 1. The number of hydrogen-bond acceptors (Lipinski definition) is 22. The molecule has 0 bridgehead atoms. The number of ether oxygens (including phenoxy) is 8. The highest BCUT2D eigenvalue weighted by atomic mass is 16.8. The summed E-state index contributed by atoms with van der Waals surface area (Å²) in [7, 11) is 0. The maximum atomic E-state index is 15.1. The topological polar surface area (TPSA) is 354 Å². The molecule has 22 heteroatoms. The first kappa shape index (κ1) is 58.1. The summed E-state index contributed by atoms with van der Waals surface area (Å²) in [6.45, 7) is 15.1. The molecule has 75 heavy (non-hydrogen) atoms. The minimum atomic E-state index is -1.93. The molecule has 22 nitrogen and oxygen atoms in total. The van der Waals surface area contributed by atoms with E-state index in [-0.39, 0.29) is 39.4 Å². The van der Waals surface area contributed by atoms with Crippen molar-refractivity contribution in [3.8, 4) is 0 Å². The third kappa shape index (κ3) is 9.50. The molecule has 4 saturated carbocycles. The number of hydrogen-bond donors (Lipinski definition) is 13. The second-order valence-corrected chi connectivity index (χ2v) is 26.0. The molecule has 4 saturated heterocycles. The molecule has 0 unspecified atom stereocenters. The zero-order valence-electron chi connectivity index (χ0n) is 44.4. The second-order valence-electron chi connectivity index (χ2n) is 26.0. The fourth-order valence-electron chi connectivity index (χ4n) is 16.1. The van der Waals surface area contributed by atoms with E-state index in [1.54, 1.807) is 0 Å². The smallest absolute Gasteiger partial charge is 0.315 e. The zero-order valence-corrected chi connectivity index (χ0v) is 44.4. The van der Waals surface area contributed by atoms with Crippen LogP contribution in [0.1, 0.15) is 113 Å². The van der Waals surface area contributed by atoms with E-state index >= 15 is 4.79 Å². The summed E-state index contributed by atoms with van der Waals surface area (Å²) in [6.07, 6.45) is -24.8. The fraction of sp³-hybridized carbons (Fsp3) is 0.943. The van der Waals surface area contributed by atoms with Gasteiger partial charge in [-0.05, 0) is 110 Å². The quantitative estimate of drug-likeness (QED) is 0.0884. The summed E-state index contributed by atoms with van der Waals surface area (Å²) in [5.41, 5.74) is -1.10. The van der Waals surface area contributed by atoms with Gasteiger partial charge in [-0.2, -0.15) is 0 Å². The van der Waals surface area contributed by atoms with Gasteiger partial charge in [0.1, 0.15) is 85.5 Å². The number of aliphatic hydroxyl groups is 13.